The molecule has 5 nitrogen and oxygen atoms in total. The number of hydrogen-bond acceptors (Lipinski definition) is 3. The molecule has 2 aromatic rings. The van der Waals surface area contributed by atoms with E-state index in [9.17, 15) is 13.2 Å². The van der Waals surface area contributed by atoms with Crippen molar-refractivity contribution < 1.29 is 13.2 Å². The van der Waals surface area contributed by atoms with Gasteiger partial charge in [0.15, 0.2) is 0 Å². The second-order valence-corrected chi connectivity index (χ2v) is 8.15. The maximum absolute atomic E-state index is 12.3. The van der Waals surface area contributed by atoms with E-state index in [0.29, 0.717) is 34.9 Å². The minimum absolute atomic E-state index is 0.140. The van der Waals surface area contributed by atoms with Crippen molar-refractivity contribution in [2.24, 2.45) is 0 Å². The molecule has 3 rings (SSSR count). The van der Waals surface area contributed by atoms with Gasteiger partial charge in [0.25, 0.3) is 5.91 Å². The Hall–Kier alpha value is -2.05. The molecule has 0 radical (unpaired) electrons. The molecule has 0 atom stereocenters. The molecular weight excluding hydrogens is 348 g/mol. The number of anilines is 2. The SMILES string of the molecule is Cc1ccc(C(=O)Nc2cc(N3CCCS3(=O)=O)ccc2Cl)cc1. The number of rotatable bonds is 3. The summed E-state index contributed by atoms with van der Waals surface area (Å²) in [5.41, 5.74) is 2.47. The first-order chi connectivity index (χ1) is 11.4. The van der Waals surface area contributed by atoms with Gasteiger partial charge in [-0.25, -0.2) is 8.42 Å². The fourth-order valence-electron chi connectivity index (χ4n) is 2.59. The minimum atomic E-state index is -3.28. The Balaban J connectivity index is 1.87. The van der Waals surface area contributed by atoms with Crippen molar-refractivity contribution >= 4 is 38.9 Å². The van der Waals surface area contributed by atoms with E-state index in [0.717, 1.165) is 5.56 Å². The molecule has 1 saturated heterocycles. The second kappa shape index (κ2) is 6.45. The van der Waals surface area contributed by atoms with Crippen LogP contribution in [-0.2, 0) is 10.0 Å². The zero-order valence-corrected chi connectivity index (χ0v) is 14.7. The second-order valence-electron chi connectivity index (χ2n) is 5.73. The van der Waals surface area contributed by atoms with E-state index >= 15 is 0 Å². The summed E-state index contributed by atoms with van der Waals surface area (Å²) in [4.78, 5) is 12.3. The summed E-state index contributed by atoms with van der Waals surface area (Å²) in [5, 5.41) is 3.10. The number of amides is 1. The van der Waals surface area contributed by atoms with Crippen LogP contribution in [0.2, 0.25) is 5.02 Å². The van der Waals surface area contributed by atoms with Crippen molar-refractivity contribution in [2.45, 2.75) is 13.3 Å². The number of carbonyl (C=O) groups is 1. The van der Waals surface area contributed by atoms with Gasteiger partial charge in [-0.05, 0) is 43.7 Å². The van der Waals surface area contributed by atoms with Gasteiger partial charge < -0.3 is 5.32 Å². The van der Waals surface area contributed by atoms with E-state index in [2.05, 4.69) is 5.32 Å². The van der Waals surface area contributed by atoms with Gasteiger partial charge in [0, 0.05) is 12.1 Å². The number of halogens is 1. The van der Waals surface area contributed by atoms with Crippen molar-refractivity contribution in [3.05, 3.63) is 58.6 Å². The number of nitrogens with one attached hydrogen (secondary N) is 1. The summed E-state index contributed by atoms with van der Waals surface area (Å²) in [6.45, 7) is 2.38. The number of nitrogens with zero attached hydrogens (tertiary/aromatic N) is 1. The van der Waals surface area contributed by atoms with Gasteiger partial charge >= 0.3 is 0 Å². The largest absolute Gasteiger partial charge is 0.321 e. The smallest absolute Gasteiger partial charge is 0.255 e. The molecular formula is C17H17ClN2O3S. The number of carbonyl (C=O) groups excluding carboxylic acids is 1. The average molecular weight is 365 g/mol. The van der Waals surface area contributed by atoms with Crippen LogP contribution >= 0.6 is 11.6 Å². The van der Waals surface area contributed by atoms with Gasteiger partial charge in [0.2, 0.25) is 10.0 Å². The first kappa shape index (κ1) is 16.8. The lowest BCUT2D eigenvalue weighted by molar-refractivity contribution is 0.102. The summed E-state index contributed by atoms with van der Waals surface area (Å²) in [6, 6.07) is 12.0. The van der Waals surface area contributed by atoms with E-state index < -0.39 is 10.0 Å². The average Bonchev–Trinajstić information content (AvgIpc) is 2.89. The topological polar surface area (TPSA) is 66.5 Å². The van der Waals surface area contributed by atoms with E-state index in [4.69, 9.17) is 11.6 Å². The Morgan fingerprint density at radius 2 is 1.88 bits per heavy atom. The van der Waals surface area contributed by atoms with Crippen molar-refractivity contribution in [3.8, 4) is 0 Å². The van der Waals surface area contributed by atoms with Crippen LogP contribution in [-0.4, -0.2) is 26.6 Å². The first-order valence-electron chi connectivity index (χ1n) is 7.55. The van der Waals surface area contributed by atoms with Crippen LogP contribution in [0, 0.1) is 6.92 Å². The van der Waals surface area contributed by atoms with Crippen LogP contribution in [0.15, 0.2) is 42.5 Å². The summed E-state index contributed by atoms with van der Waals surface area (Å²) >= 11 is 6.15. The molecule has 1 fully saturated rings. The molecule has 126 valence electrons. The normalized spacial score (nSPS) is 16.2. The Morgan fingerprint density at radius 1 is 1.17 bits per heavy atom. The summed E-state index contributed by atoms with van der Waals surface area (Å²) in [5.74, 6) is -0.154. The highest BCUT2D eigenvalue weighted by Crippen LogP contribution is 2.31. The van der Waals surface area contributed by atoms with E-state index in [1.165, 1.54) is 4.31 Å². The Labute approximate surface area is 146 Å². The lowest BCUT2D eigenvalue weighted by atomic mass is 10.1. The van der Waals surface area contributed by atoms with E-state index in [-0.39, 0.29) is 11.7 Å². The van der Waals surface area contributed by atoms with Crippen LogP contribution in [0.25, 0.3) is 0 Å². The Morgan fingerprint density at radius 3 is 2.50 bits per heavy atom. The number of benzene rings is 2. The predicted octanol–water partition coefficient (Wildman–Crippen LogP) is 3.44. The molecule has 1 aliphatic heterocycles. The molecule has 0 unspecified atom stereocenters. The molecule has 7 heteroatoms. The predicted molar refractivity (Wildman–Crippen MR) is 96.3 cm³/mol. The van der Waals surface area contributed by atoms with Crippen LogP contribution < -0.4 is 9.62 Å². The van der Waals surface area contributed by atoms with Gasteiger partial charge in [0.1, 0.15) is 0 Å². The zero-order valence-electron chi connectivity index (χ0n) is 13.1. The number of hydrogen-bond donors (Lipinski definition) is 1. The van der Waals surface area contributed by atoms with E-state index in [1.807, 2.05) is 19.1 Å². The third kappa shape index (κ3) is 3.39. The van der Waals surface area contributed by atoms with Crippen molar-refractivity contribution in [1.29, 1.82) is 0 Å². The highest BCUT2D eigenvalue weighted by atomic mass is 35.5. The lowest BCUT2D eigenvalue weighted by Crippen LogP contribution is -2.25. The van der Waals surface area contributed by atoms with Gasteiger partial charge in [-0.2, -0.15) is 0 Å². The lowest BCUT2D eigenvalue weighted by Gasteiger charge is -2.18. The fraction of sp³-hybridized carbons (Fsp3) is 0.235. The molecule has 0 saturated carbocycles. The Bertz CT molecular complexity index is 879. The molecule has 1 N–H and O–H groups in total. The third-order valence-corrected chi connectivity index (χ3v) is 6.10. The zero-order chi connectivity index (χ0) is 17.3. The minimum Gasteiger partial charge on any atom is -0.321 e. The molecule has 0 bridgehead atoms. The van der Waals surface area contributed by atoms with Crippen molar-refractivity contribution in [2.75, 3.05) is 21.9 Å². The molecule has 1 amide bonds. The third-order valence-electron chi connectivity index (χ3n) is 3.90. The monoisotopic (exact) mass is 364 g/mol. The van der Waals surface area contributed by atoms with Gasteiger partial charge in [-0.3, -0.25) is 9.10 Å². The standard InChI is InChI=1S/C17H17ClN2O3S/c1-12-3-5-13(6-4-12)17(21)19-16-11-14(7-8-15(16)18)20-9-2-10-24(20,22)23/h3-8,11H,2,9-10H2,1H3,(H,19,21). The molecule has 0 spiro atoms. The summed E-state index contributed by atoms with van der Waals surface area (Å²) in [6.07, 6.45) is 0.593. The van der Waals surface area contributed by atoms with Crippen LogP contribution in [0.3, 0.4) is 0 Å². The van der Waals surface area contributed by atoms with E-state index in [1.54, 1.807) is 30.3 Å². The molecule has 0 aromatic heterocycles. The van der Waals surface area contributed by atoms with Crippen LogP contribution in [0.4, 0.5) is 11.4 Å². The molecule has 2 aromatic carbocycles. The maximum atomic E-state index is 12.3. The molecule has 1 heterocycles. The number of sulfonamides is 1. The van der Waals surface area contributed by atoms with Gasteiger partial charge in [0.05, 0.1) is 22.2 Å². The molecule has 24 heavy (non-hydrogen) atoms. The van der Waals surface area contributed by atoms with Gasteiger partial charge in [-0.1, -0.05) is 29.3 Å². The number of aryl methyl sites for hydroxylation is 1. The molecule has 0 aliphatic carbocycles. The van der Waals surface area contributed by atoms with Crippen LogP contribution in [0.5, 0.6) is 0 Å². The van der Waals surface area contributed by atoms with Crippen molar-refractivity contribution in [1.82, 2.24) is 0 Å². The summed E-state index contributed by atoms with van der Waals surface area (Å²) in [7, 11) is -3.28. The van der Waals surface area contributed by atoms with Crippen LogP contribution in [0.1, 0.15) is 22.3 Å². The molecule has 1 aliphatic rings. The quantitative estimate of drug-likeness (QED) is 0.907. The van der Waals surface area contributed by atoms with Gasteiger partial charge in [-0.15, -0.1) is 0 Å². The first-order valence-corrected chi connectivity index (χ1v) is 9.53. The maximum Gasteiger partial charge on any atom is 0.255 e. The van der Waals surface area contributed by atoms with Crippen molar-refractivity contribution in [3.63, 3.8) is 0 Å². The highest BCUT2D eigenvalue weighted by Gasteiger charge is 2.28. The highest BCUT2D eigenvalue weighted by molar-refractivity contribution is 7.93. The fourth-order valence-corrected chi connectivity index (χ4v) is 4.31. The Kier molecular flexibility index (Phi) is 4.51. The summed E-state index contributed by atoms with van der Waals surface area (Å²) < 4.78 is 25.4.